The molecule has 2 unspecified atom stereocenters. The highest BCUT2D eigenvalue weighted by molar-refractivity contribution is 9.10. The van der Waals surface area contributed by atoms with Crippen molar-refractivity contribution in [2.24, 2.45) is 17.3 Å². The zero-order valence-electron chi connectivity index (χ0n) is 13.0. The number of nitrogens with one attached hydrogen (secondary N) is 1. The third kappa shape index (κ3) is 4.04. The smallest absolute Gasteiger partial charge is 0.143 e. The van der Waals surface area contributed by atoms with Crippen molar-refractivity contribution in [2.45, 2.75) is 39.5 Å². The summed E-state index contributed by atoms with van der Waals surface area (Å²) in [4.78, 5) is 0. The van der Waals surface area contributed by atoms with Crippen LogP contribution in [0.25, 0.3) is 0 Å². The van der Waals surface area contributed by atoms with Crippen molar-refractivity contribution < 1.29 is 8.78 Å². The lowest BCUT2D eigenvalue weighted by atomic mass is 9.65. The first-order valence-corrected chi connectivity index (χ1v) is 8.40. The van der Waals surface area contributed by atoms with Crippen LogP contribution in [-0.2, 0) is 6.42 Å². The lowest BCUT2D eigenvalue weighted by molar-refractivity contribution is 0.116. The third-order valence-electron chi connectivity index (χ3n) is 4.74. The van der Waals surface area contributed by atoms with Gasteiger partial charge in [-0.25, -0.2) is 8.78 Å². The van der Waals surface area contributed by atoms with E-state index in [9.17, 15) is 8.78 Å². The number of rotatable bonds is 4. The summed E-state index contributed by atoms with van der Waals surface area (Å²) in [6.07, 6.45) is 3.80. The Morgan fingerprint density at radius 1 is 1.29 bits per heavy atom. The zero-order chi connectivity index (χ0) is 15.6. The van der Waals surface area contributed by atoms with Crippen molar-refractivity contribution in [2.75, 3.05) is 13.6 Å². The van der Waals surface area contributed by atoms with Crippen LogP contribution >= 0.6 is 15.9 Å². The average molecular weight is 360 g/mol. The van der Waals surface area contributed by atoms with Gasteiger partial charge in [0.15, 0.2) is 0 Å². The fourth-order valence-corrected chi connectivity index (χ4v) is 3.95. The van der Waals surface area contributed by atoms with Crippen molar-refractivity contribution >= 4 is 15.9 Å². The van der Waals surface area contributed by atoms with Gasteiger partial charge in [-0.3, -0.25) is 0 Å². The fourth-order valence-electron chi connectivity index (χ4n) is 3.58. The Bertz CT molecular complexity index is 502. The van der Waals surface area contributed by atoms with Gasteiger partial charge < -0.3 is 5.32 Å². The molecule has 1 saturated carbocycles. The Labute approximate surface area is 134 Å². The molecule has 1 aromatic rings. The number of hydrogen-bond donors (Lipinski definition) is 1. The standard InChI is InChI=1S/C17H24BrF2N/c1-17(2)7-6-11(10-21-3)12(9-17)8-13-15(19)5-4-14(18)16(13)20/h4-5,11-12,21H,6-10H2,1-3H3. The highest BCUT2D eigenvalue weighted by Gasteiger charge is 2.35. The Morgan fingerprint density at radius 3 is 2.67 bits per heavy atom. The third-order valence-corrected chi connectivity index (χ3v) is 5.36. The van der Waals surface area contributed by atoms with E-state index >= 15 is 0 Å². The number of hydrogen-bond acceptors (Lipinski definition) is 1. The summed E-state index contributed by atoms with van der Waals surface area (Å²) in [5.41, 5.74) is 0.488. The monoisotopic (exact) mass is 359 g/mol. The summed E-state index contributed by atoms with van der Waals surface area (Å²) in [6.45, 7) is 5.42. The predicted molar refractivity (Wildman–Crippen MR) is 86.3 cm³/mol. The van der Waals surface area contributed by atoms with E-state index in [0.717, 1.165) is 19.4 Å². The number of benzene rings is 1. The minimum Gasteiger partial charge on any atom is -0.319 e. The van der Waals surface area contributed by atoms with E-state index in [2.05, 4.69) is 35.1 Å². The summed E-state index contributed by atoms with van der Waals surface area (Å²) in [5, 5.41) is 3.22. The van der Waals surface area contributed by atoms with Crippen molar-refractivity contribution in [1.29, 1.82) is 0 Å². The molecule has 2 rings (SSSR count). The summed E-state index contributed by atoms with van der Waals surface area (Å²) in [6, 6.07) is 2.79. The van der Waals surface area contributed by atoms with Crippen molar-refractivity contribution in [3.63, 3.8) is 0 Å². The van der Waals surface area contributed by atoms with Gasteiger partial charge in [0, 0.05) is 5.56 Å². The minimum atomic E-state index is -0.443. The van der Waals surface area contributed by atoms with E-state index in [1.807, 2.05) is 7.05 Å². The molecule has 1 N–H and O–H groups in total. The topological polar surface area (TPSA) is 12.0 Å². The molecule has 1 nitrogen and oxygen atoms in total. The van der Waals surface area contributed by atoms with Gasteiger partial charge in [-0.05, 0) is 84.6 Å². The van der Waals surface area contributed by atoms with E-state index in [1.54, 1.807) is 0 Å². The predicted octanol–water partition coefficient (Wildman–Crippen LogP) is 4.93. The fraction of sp³-hybridized carbons (Fsp3) is 0.647. The van der Waals surface area contributed by atoms with Gasteiger partial charge in [0.25, 0.3) is 0 Å². The van der Waals surface area contributed by atoms with Gasteiger partial charge >= 0.3 is 0 Å². The van der Waals surface area contributed by atoms with Crippen LogP contribution in [0.15, 0.2) is 16.6 Å². The van der Waals surface area contributed by atoms with Crippen LogP contribution in [0.3, 0.4) is 0 Å². The van der Waals surface area contributed by atoms with Gasteiger partial charge in [-0.15, -0.1) is 0 Å². The molecule has 118 valence electrons. The van der Waals surface area contributed by atoms with Gasteiger partial charge in [0.1, 0.15) is 11.6 Å². The van der Waals surface area contributed by atoms with E-state index in [-0.39, 0.29) is 11.0 Å². The molecular weight excluding hydrogens is 336 g/mol. The second-order valence-corrected chi connectivity index (χ2v) is 7.87. The molecule has 4 heteroatoms. The van der Waals surface area contributed by atoms with Gasteiger partial charge in [-0.1, -0.05) is 13.8 Å². The molecular formula is C17H24BrF2N. The summed E-state index contributed by atoms with van der Waals surface area (Å²) in [5.74, 6) is -0.0656. The molecule has 0 heterocycles. The number of halogens is 3. The molecule has 1 aromatic carbocycles. The van der Waals surface area contributed by atoms with Gasteiger partial charge in [0.2, 0.25) is 0 Å². The molecule has 0 radical (unpaired) electrons. The Balaban J connectivity index is 2.24. The van der Waals surface area contributed by atoms with Crippen LogP contribution in [0.5, 0.6) is 0 Å². The maximum Gasteiger partial charge on any atom is 0.143 e. The molecule has 1 fully saturated rings. The zero-order valence-corrected chi connectivity index (χ0v) is 14.6. The second kappa shape index (κ2) is 6.74. The highest BCUT2D eigenvalue weighted by atomic mass is 79.9. The molecule has 0 amide bonds. The highest BCUT2D eigenvalue weighted by Crippen LogP contribution is 2.43. The van der Waals surface area contributed by atoms with E-state index in [4.69, 9.17) is 0 Å². The SMILES string of the molecule is CNCC1CCC(C)(C)CC1Cc1c(F)ccc(Br)c1F. The van der Waals surface area contributed by atoms with E-state index in [1.165, 1.54) is 18.6 Å². The first-order chi connectivity index (χ1) is 9.84. The van der Waals surface area contributed by atoms with Gasteiger partial charge in [0.05, 0.1) is 4.47 Å². The molecule has 1 aliphatic carbocycles. The molecule has 1 aliphatic rings. The Morgan fingerprint density at radius 2 is 2.00 bits per heavy atom. The maximum absolute atomic E-state index is 14.2. The Kier molecular flexibility index (Phi) is 5.42. The summed E-state index contributed by atoms with van der Waals surface area (Å²) >= 11 is 3.16. The molecule has 0 spiro atoms. The molecule has 2 atom stereocenters. The van der Waals surface area contributed by atoms with Crippen LogP contribution < -0.4 is 5.32 Å². The first kappa shape index (κ1) is 16.9. The van der Waals surface area contributed by atoms with Crippen molar-refractivity contribution in [1.82, 2.24) is 5.32 Å². The molecule has 0 aromatic heterocycles. The summed E-state index contributed by atoms with van der Waals surface area (Å²) < 4.78 is 28.6. The molecule has 0 saturated heterocycles. The van der Waals surface area contributed by atoms with Crippen molar-refractivity contribution in [3.05, 3.63) is 33.8 Å². The van der Waals surface area contributed by atoms with E-state index in [0.29, 0.717) is 22.7 Å². The maximum atomic E-state index is 14.2. The molecule has 0 aliphatic heterocycles. The van der Waals surface area contributed by atoms with Crippen molar-refractivity contribution in [3.8, 4) is 0 Å². The van der Waals surface area contributed by atoms with Crippen LogP contribution in [0.4, 0.5) is 8.78 Å². The molecule has 0 bridgehead atoms. The van der Waals surface area contributed by atoms with E-state index < -0.39 is 11.6 Å². The lowest BCUT2D eigenvalue weighted by Crippen LogP contribution is -2.36. The lowest BCUT2D eigenvalue weighted by Gasteiger charge is -2.41. The largest absolute Gasteiger partial charge is 0.319 e. The van der Waals surface area contributed by atoms with Crippen LogP contribution in [0, 0.1) is 28.9 Å². The normalized spacial score (nSPS) is 25.0. The molecule has 21 heavy (non-hydrogen) atoms. The van der Waals surface area contributed by atoms with Crippen LogP contribution in [-0.4, -0.2) is 13.6 Å². The van der Waals surface area contributed by atoms with Gasteiger partial charge in [-0.2, -0.15) is 0 Å². The minimum absolute atomic E-state index is 0.230. The Hall–Kier alpha value is -0.480. The first-order valence-electron chi connectivity index (χ1n) is 7.61. The average Bonchev–Trinajstić information content (AvgIpc) is 2.42. The quantitative estimate of drug-likeness (QED) is 0.751. The van der Waals surface area contributed by atoms with Crippen LogP contribution in [0.1, 0.15) is 38.7 Å². The second-order valence-electron chi connectivity index (χ2n) is 7.01. The summed E-state index contributed by atoms with van der Waals surface area (Å²) in [7, 11) is 1.94. The van der Waals surface area contributed by atoms with Crippen LogP contribution in [0.2, 0.25) is 0 Å².